The second kappa shape index (κ2) is 8.36. The molecule has 22 heavy (non-hydrogen) atoms. The Balaban J connectivity index is 1.96. The van der Waals surface area contributed by atoms with Crippen molar-refractivity contribution in [2.75, 3.05) is 18.5 Å². The zero-order valence-electron chi connectivity index (χ0n) is 12.6. The van der Waals surface area contributed by atoms with E-state index in [0.29, 0.717) is 11.7 Å². The normalized spacial score (nSPS) is 10.3. The van der Waals surface area contributed by atoms with Crippen LogP contribution in [0.4, 0.5) is 5.69 Å². The summed E-state index contributed by atoms with van der Waals surface area (Å²) in [5.41, 5.74) is 0.955. The first-order chi connectivity index (χ1) is 10.6. The number of nitrogens with zero attached hydrogens (tertiary/aromatic N) is 1. The quantitative estimate of drug-likeness (QED) is 0.736. The van der Waals surface area contributed by atoms with E-state index in [1.54, 1.807) is 11.3 Å². The summed E-state index contributed by atoms with van der Waals surface area (Å²) in [6, 6.07) is 11.8. The molecule has 0 aliphatic carbocycles. The zero-order valence-corrected chi connectivity index (χ0v) is 15.0. The van der Waals surface area contributed by atoms with Crippen LogP contribution in [0, 0.1) is 0 Å². The summed E-state index contributed by atoms with van der Waals surface area (Å²) >= 11 is 13.1. The van der Waals surface area contributed by atoms with Crippen molar-refractivity contribution in [3.63, 3.8) is 0 Å². The molecule has 0 aliphatic heterocycles. The molecule has 0 fully saturated rings. The molecule has 6 heteroatoms. The number of halogens is 1. The monoisotopic (exact) mass is 354 g/mol. The number of rotatable bonds is 6. The predicted octanol–water partition coefficient (Wildman–Crippen LogP) is 5.02. The first-order valence-corrected chi connectivity index (χ1v) is 8.75. The van der Waals surface area contributed by atoms with E-state index in [2.05, 4.69) is 17.1 Å². The maximum Gasteiger partial charge on any atom is 0.173 e. The Morgan fingerprint density at radius 1 is 1.23 bits per heavy atom. The number of thiocarbonyl (C=S) groups is 1. The molecule has 0 amide bonds. The van der Waals surface area contributed by atoms with Crippen molar-refractivity contribution in [1.29, 1.82) is 0 Å². The lowest BCUT2D eigenvalue weighted by Gasteiger charge is -2.23. The number of hydrogen-bond acceptors (Lipinski definition) is 3. The van der Waals surface area contributed by atoms with Gasteiger partial charge in [-0.2, -0.15) is 0 Å². The third-order valence-electron chi connectivity index (χ3n) is 3.06. The number of nitrogens with one attached hydrogen (secondary N) is 1. The Hall–Kier alpha value is -1.30. The number of anilines is 1. The summed E-state index contributed by atoms with van der Waals surface area (Å²) in [4.78, 5) is 3.30. The molecule has 0 bridgehead atoms. The summed E-state index contributed by atoms with van der Waals surface area (Å²) in [6.45, 7) is 6.31. The van der Waals surface area contributed by atoms with Gasteiger partial charge in [-0.15, -0.1) is 11.3 Å². The van der Waals surface area contributed by atoms with Gasteiger partial charge in [0.25, 0.3) is 0 Å². The van der Waals surface area contributed by atoms with E-state index in [4.69, 9.17) is 28.6 Å². The molecular formula is C16H19ClN2OS2. The number of ether oxygens (including phenoxy) is 1. The summed E-state index contributed by atoms with van der Waals surface area (Å²) in [6.07, 6.45) is 0. The van der Waals surface area contributed by atoms with Crippen LogP contribution in [0.3, 0.4) is 0 Å². The first kappa shape index (κ1) is 17.1. The summed E-state index contributed by atoms with van der Waals surface area (Å²) in [7, 11) is 0. The Morgan fingerprint density at radius 3 is 2.50 bits per heavy atom. The van der Waals surface area contributed by atoms with Crippen LogP contribution in [-0.4, -0.2) is 23.2 Å². The Labute approximate surface area is 145 Å². The Bertz CT molecular complexity index is 613. The van der Waals surface area contributed by atoms with Crippen molar-refractivity contribution >= 4 is 46.0 Å². The summed E-state index contributed by atoms with van der Waals surface area (Å²) in [5, 5.41) is 3.97. The lowest BCUT2D eigenvalue weighted by molar-refractivity contribution is 0.340. The van der Waals surface area contributed by atoms with Crippen LogP contribution in [0.2, 0.25) is 4.34 Å². The lowest BCUT2D eigenvalue weighted by Crippen LogP contribution is -2.33. The van der Waals surface area contributed by atoms with E-state index < -0.39 is 0 Å². The standard InChI is InChI=1S/C16H19ClN2OS2/c1-3-19(11-14-9-10-15(17)22-14)16(21)18-12-5-7-13(8-6-12)20-4-2/h5-10H,3-4,11H2,1-2H3,(H,18,21). The largest absolute Gasteiger partial charge is 0.494 e. The van der Waals surface area contributed by atoms with Crippen LogP contribution in [-0.2, 0) is 6.54 Å². The van der Waals surface area contributed by atoms with Gasteiger partial charge >= 0.3 is 0 Å². The average Bonchev–Trinajstić information content (AvgIpc) is 2.92. The second-order valence-electron chi connectivity index (χ2n) is 4.61. The fourth-order valence-corrected chi connectivity index (χ4v) is 3.37. The fourth-order valence-electron chi connectivity index (χ4n) is 1.96. The van der Waals surface area contributed by atoms with E-state index in [1.807, 2.05) is 43.3 Å². The van der Waals surface area contributed by atoms with Crippen molar-refractivity contribution in [1.82, 2.24) is 4.90 Å². The number of hydrogen-bond donors (Lipinski definition) is 1. The maximum absolute atomic E-state index is 5.98. The topological polar surface area (TPSA) is 24.5 Å². The minimum absolute atomic E-state index is 0.665. The number of benzene rings is 1. The molecule has 0 radical (unpaired) electrons. The molecule has 2 rings (SSSR count). The van der Waals surface area contributed by atoms with Crippen molar-refractivity contribution in [2.45, 2.75) is 20.4 Å². The van der Waals surface area contributed by atoms with Gasteiger partial charge in [-0.3, -0.25) is 0 Å². The third-order valence-corrected chi connectivity index (χ3v) is 4.64. The van der Waals surface area contributed by atoms with Gasteiger partial charge in [-0.25, -0.2) is 0 Å². The number of thiophene rings is 1. The van der Waals surface area contributed by atoms with Gasteiger partial charge in [-0.05, 0) is 62.5 Å². The molecule has 0 spiro atoms. The van der Waals surface area contributed by atoms with Crippen LogP contribution in [0.25, 0.3) is 0 Å². The van der Waals surface area contributed by atoms with Crippen LogP contribution < -0.4 is 10.1 Å². The highest BCUT2D eigenvalue weighted by molar-refractivity contribution is 7.80. The molecule has 0 aliphatic rings. The minimum atomic E-state index is 0.665. The van der Waals surface area contributed by atoms with Gasteiger partial charge in [-0.1, -0.05) is 11.6 Å². The lowest BCUT2D eigenvalue weighted by atomic mass is 10.3. The minimum Gasteiger partial charge on any atom is -0.494 e. The van der Waals surface area contributed by atoms with E-state index >= 15 is 0 Å². The Kier molecular flexibility index (Phi) is 6.49. The highest BCUT2D eigenvalue weighted by atomic mass is 35.5. The van der Waals surface area contributed by atoms with Crippen molar-refractivity contribution in [2.24, 2.45) is 0 Å². The Morgan fingerprint density at radius 2 is 1.95 bits per heavy atom. The van der Waals surface area contributed by atoms with Crippen LogP contribution in [0.5, 0.6) is 5.75 Å². The predicted molar refractivity (Wildman–Crippen MR) is 99.2 cm³/mol. The van der Waals surface area contributed by atoms with Gasteiger partial charge < -0.3 is 15.0 Å². The van der Waals surface area contributed by atoms with E-state index in [9.17, 15) is 0 Å². The summed E-state index contributed by atoms with van der Waals surface area (Å²) < 4.78 is 6.24. The average molecular weight is 355 g/mol. The molecule has 1 heterocycles. The summed E-state index contributed by atoms with van der Waals surface area (Å²) in [5.74, 6) is 0.861. The molecule has 1 aromatic heterocycles. The van der Waals surface area contributed by atoms with E-state index in [-0.39, 0.29) is 0 Å². The van der Waals surface area contributed by atoms with Crippen LogP contribution in [0.15, 0.2) is 36.4 Å². The molecular weight excluding hydrogens is 336 g/mol. The fraction of sp³-hybridized carbons (Fsp3) is 0.312. The molecule has 0 saturated carbocycles. The molecule has 0 atom stereocenters. The van der Waals surface area contributed by atoms with Crippen molar-refractivity contribution in [3.8, 4) is 5.75 Å². The smallest absolute Gasteiger partial charge is 0.173 e. The first-order valence-electron chi connectivity index (χ1n) is 7.15. The molecule has 2 aromatic rings. The van der Waals surface area contributed by atoms with Crippen LogP contribution in [0.1, 0.15) is 18.7 Å². The zero-order chi connectivity index (χ0) is 15.9. The molecule has 0 saturated heterocycles. The third kappa shape index (κ3) is 4.87. The highest BCUT2D eigenvalue weighted by Crippen LogP contribution is 2.23. The maximum atomic E-state index is 5.98. The van der Waals surface area contributed by atoms with Gasteiger partial charge in [0.15, 0.2) is 5.11 Å². The molecule has 3 nitrogen and oxygen atoms in total. The van der Waals surface area contributed by atoms with Crippen LogP contribution >= 0.6 is 35.2 Å². The van der Waals surface area contributed by atoms with E-state index in [1.165, 1.54) is 4.88 Å². The molecule has 1 aromatic carbocycles. The highest BCUT2D eigenvalue weighted by Gasteiger charge is 2.10. The van der Waals surface area contributed by atoms with Gasteiger partial charge in [0.05, 0.1) is 17.5 Å². The second-order valence-corrected chi connectivity index (χ2v) is 6.79. The SMILES string of the molecule is CCOc1ccc(NC(=S)N(CC)Cc2ccc(Cl)s2)cc1. The van der Waals surface area contributed by atoms with Gasteiger partial charge in [0.2, 0.25) is 0 Å². The van der Waals surface area contributed by atoms with Crippen molar-refractivity contribution in [3.05, 3.63) is 45.6 Å². The van der Waals surface area contributed by atoms with Gasteiger partial charge in [0.1, 0.15) is 5.75 Å². The molecule has 118 valence electrons. The van der Waals surface area contributed by atoms with E-state index in [0.717, 1.165) is 28.9 Å². The molecule has 0 unspecified atom stereocenters. The van der Waals surface area contributed by atoms with Crippen molar-refractivity contribution < 1.29 is 4.74 Å². The molecule has 1 N–H and O–H groups in total. The van der Waals surface area contributed by atoms with Gasteiger partial charge in [0, 0.05) is 17.1 Å².